The summed E-state index contributed by atoms with van der Waals surface area (Å²) in [6, 6.07) is 0. The van der Waals surface area contributed by atoms with Crippen LogP contribution < -0.4 is 0 Å². The molecule has 10 heavy (non-hydrogen) atoms. The van der Waals surface area contributed by atoms with E-state index in [9.17, 15) is 4.79 Å². The predicted molar refractivity (Wildman–Crippen MR) is 41.9 cm³/mol. The van der Waals surface area contributed by atoms with Gasteiger partial charge in [-0.3, -0.25) is 4.79 Å². The Labute approximate surface area is 62.8 Å². The van der Waals surface area contributed by atoms with Crippen molar-refractivity contribution < 1.29 is 4.79 Å². The molecule has 0 heterocycles. The lowest BCUT2D eigenvalue weighted by molar-refractivity contribution is -0.123. The fraction of sp³-hybridized carbons (Fsp3) is 0.889. The van der Waals surface area contributed by atoms with Gasteiger partial charge in [0.25, 0.3) is 0 Å². The highest BCUT2D eigenvalue weighted by atomic mass is 16.1. The fourth-order valence-electron chi connectivity index (χ4n) is 1.67. The maximum Gasteiger partial charge on any atom is 0.133 e. The number of hydrogen-bond acceptors (Lipinski definition) is 1. The predicted octanol–water partition coefficient (Wildman–Crippen LogP) is 2.55. The van der Waals surface area contributed by atoms with Crippen molar-refractivity contribution >= 4 is 5.78 Å². The highest BCUT2D eigenvalue weighted by Crippen LogP contribution is 2.36. The molecule has 0 aromatic rings. The van der Waals surface area contributed by atoms with E-state index in [2.05, 4.69) is 13.8 Å². The molecule has 0 bridgehead atoms. The third kappa shape index (κ3) is 1.59. The molecule has 1 nitrogen and oxygen atoms in total. The number of carbonyl (C=O) groups is 1. The van der Waals surface area contributed by atoms with Crippen molar-refractivity contribution in [3.05, 3.63) is 0 Å². The van der Waals surface area contributed by atoms with Gasteiger partial charge in [-0.1, -0.05) is 20.3 Å². The summed E-state index contributed by atoms with van der Waals surface area (Å²) in [6.07, 6.45) is 5.16. The van der Waals surface area contributed by atoms with E-state index in [1.807, 2.05) is 0 Å². The summed E-state index contributed by atoms with van der Waals surface area (Å²) in [7, 11) is 0. The highest BCUT2D eigenvalue weighted by molar-refractivity contribution is 5.79. The summed E-state index contributed by atoms with van der Waals surface area (Å²) in [4.78, 5) is 11.0. The minimum Gasteiger partial charge on any atom is -0.300 e. The van der Waals surface area contributed by atoms with Crippen LogP contribution in [0.4, 0.5) is 0 Å². The zero-order chi connectivity index (χ0) is 7.61. The zero-order valence-electron chi connectivity index (χ0n) is 6.94. The molecule has 0 amide bonds. The molecule has 0 aliphatic heterocycles. The smallest absolute Gasteiger partial charge is 0.133 e. The average Bonchev–Trinajstić information content (AvgIpc) is 1.88. The minimum atomic E-state index is 0.343. The van der Waals surface area contributed by atoms with E-state index >= 15 is 0 Å². The second-order valence-electron chi connectivity index (χ2n) is 3.73. The summed E-state index contributed by atoms with van der Waals surface area (Å²) in [6.45, 7) is 4.41. The van der Waals surface area contributed by atoms with Gasteiger partial charge >= 0.3 is 0 Å². The lowest BCUT2D eigenvalue weighted by Gasteiger charge is -2.31. The normalized spacial score (nSPS) is 34.4. The van der Waals surface area contributed by atoms with Crippen LogP contribution in [0.5, 0.6) is 0 Å². The molecule has 0 spiro atoms. The Morgan fingerprint density at radius 1 is 1.60 bits per heavy atom. The number of ketones is 1. The summed E-state index contributed by atoms with van der Waals surface area (Å²) >= 11 is 0. The van der Waals surface area contributed by atoms with Gasteiger partial charge in [0.1, 0.15) is 5.78 Å². The first kappa shape index (κ1) is 7.77. The van der Waals surface area contributed by atoms with Gasteiger partial charge in [0.15, 0.2) is 0 Å². The van der Waals surface area contributed by atoms with Gasteiger partial charge in [0.05, 0.1) is 0 Å². The van der Waals surface area contributed by atoms with Crippen molar-refractivity contribution in [3.63, 3.8) is 0 Å². The van der Waals surface area contributed by atoms with E-state index < -0.39 is 0 Å². The van der Waals surface area contributed by atoms with E-state index in [0.717, 1.165) is 25.7 Å². The van der Waals surface area contributed by atoms with Crippen molar-refractivity contribution in [2.24, 2.45) is 5.41 Å². The van der Waals surface area contributed by atoms with E-state index in [-0.39, 0.29) is 0 Å². The molecule has 58 valence electrons. The van der Waals surface area contributed by atoms with Gasteiger partial charge in [-0.25, -0.2) is 0 Å². The van der Waals surface area contributed by atoms with Crippen molar-refractivity contribution in [3.8, 4) is 0 Å². The molecule has 0 aromatic carbocycles. The molecule has 1 saturated carbocycles. The molecule has 1 rings (SSSR count). The van der Waals surface area contributed by atoms with Crippen LogP contribution >= 0.6 is 0 Å². The molecular formula is C9H16O. The Morgan fingerprint density at radius 2 is 2.30 bits per heavy atom. The molecule has 0 N–H and O–H groups in total. The van der Waals surface area contributed by atoms with Gasteiger partial charge in [0, 0.05) is 12.8 Å². The average molecular weight is 140 g/mol. The minimum absolute atomic E-state index is 0.343. The first-order valence-corrected chi connectivity index (χ1v) is 4.18. The Bertz CT molecular complexity index is 140. The number of hydrogen-bond donors (Lipinski definition) is 0. The molecule has 1 heteroatoms. The van der Waals surface area contributed by atoms with E-state index in [1.54, 1.807) is 0 Å². The van der Waals surface area contributed by atoms with Gasteiger partial charge in [-0.2, -0.15) is 0 Å². The zero-order valence-corrected chi connectivity index (χ0v) is 6.94. The lowest BCUT2D eigenvalue weighted by atomic mass is 9.73. The van der Waals surface area contributed by atoms with Crippen molar-refractivity contribution in [2.45, 2.75) is 46.0 Å². The van der Waals surface area contributed by atoms with Crippen LogP contribution in [0.2, 0.25) is 0 Å². The van der Waals surface area contributed by atoms with E-state index in [4.69, 9.17) is 0 Å². The first-order chi connectivity index (χ1) is 4.66. The second-order valence-corrected chi connectivity index (χ2v) is 3.73. The fourth-order valence-corrected chi connectivity index (χ4v) is 1.67. The van der Waals surface area contributed by atoms with E-state index in [1.165, 1.54) is 6.42 Å². The molecule has 1 fully saturated rings. The maximum atomic E-state index is 11.0. The van der Waals surface area contributed by atoms with Crippen LogP contribution in [0.15, 0.2) is 0 Å². The molecular weight excluding hydrogens is 124 g/mol. The van der Waals surface area contributed by atoms with Crippen LogP contribution in [-0.2, 0) is 4.79 Å². The molecule has 0 unspecified atom stereocenters. The number of Topliss-reactive ketones (excluding diaryl/α,β-unsaturated/α-hetero) is 1. The van der Waals surface area contributed by atoms with Crippen LogP contribution in [0, 0.1) is 5.41 Å². The number of rotatable bonds is 1. The van der Waals surface area contributed by atoms with Crippen LogP contribution in [0.25, 0.3) is 0 Å². The molecule has 1 aliphatic rings. The summed E-state index contributed by atoms with van der Waals surface area (Å²) in [5.74, 6) is 0.468. The van der Waals surface area contributed by atoms with Gasteiger partial charge in [-0.05, 0) is 18.3 Å². The monoisotopic (exact) mass is 140 g/mol. The van der Waals surface area contributed by atoms with Crippen LogP contribution in [0.3, 0.4) is 0 Å². The third-order valence-corrected chi connectivity index (χ3v) is 2.71. The van der Waals surface area contributed by atoms with Crippen LogP contribution in [-0.4, -0.2) is 5.78 Å². The quantitative estimate of drug-likeness (QED) is 0.547. The van der Waals surface area contributed by atoms with Crippen molar-refractivity contribution in [2.75, 3.05) is 0 Å². The second kappa shape index (κ2) is 2.73. The topological polar surface area (TPSA) is 17.1 Å². The lowest BCUT2D eigenvalue weighted by Crippen LogP contribution is -2.24. The SMILES string of the molecule is CC[C@@]1(C)CCCC(=O)C1. The Balaban J connectivity index is 2.53. The summed E-state index contributed by atoms with van der Waals surface area (Å²) < 4.78 is 0. The Hall–Kier alpha value is -0.330. The van der Waals surface area contributed by atoms with Crippen molar-refractivity contribution in [1.82, 2.24) is 0 Å². The van der Waals surface area contributed by atoms with E-state index in [0.29, 0.717) is 11.2 Å². The summed E-state index contributed by atoms with van der Waals surface area (Å²) in [5.41, 5.74) is 0.343. The molecule has 0 radical (unpaired) electrons. The highest BCUT2D eigenvalue weighted by Gasteiger charge is 2.28. The van der Waals surface area contributed by atoms with Gasteiger partial charge < -0.3 is 0 Å². The summed E-state index contributed by atoms with van der Waals surface area (Å²) in [5, 5.41) is 0. The maximum absolute atomic E-state index is 11.0. The largest absolute Gasteiger partial charge is 0.300 e. The molecule has 0 saturated heterocycles. The molecule has 1 atom stereocenters. The van der Waals surface area contributed by atoms with Gasteiger partial charge in [0.2, 0.25) is 0 Å². The third-order valence-electron chi connectivity index (χ3n) is 2.71. The standard InChI is InChI=1S/C9H16O/c1-3-9(2)6-4-5-8(10)7-9/h3-7H2,1-2H3/t9-/m0/s1. The Kier molecular flexibility index (Phi) is 2.12. The Morgan fingerprint density at radius 3 is 2.70 bits per heavy atom. The number of carbonyl (C=O) groups excluding carboxylic acids is 1. The molecule has 1 aliphatic carbocycles. The van der Waals surface area contributed by atoms with Gasteiger partial charge in [-0.15, -0.1) is 0 Å². The van der Waals surface area contributed by atoms with Crippen molar-refractivity contribution in [1.29, 1.82) is 0 Å². The molecule has 0 aromatic heterocycles. The first-order valence-electron chi connectivity index (χ1n) is 4.18. The van der Waals surface area contributed by atoms with Crippen LogP contribution in [0.1, 0.15) is 46.0 Å².